The minimum Gasteiger partial charge on any atom is -0.383 e. The van der Waals surface area contributed by atoms with Gasteiger partial charge in [0.25, 0.3) is 0 Å². The molecule has 1 atom stereocenters. The third-order valence-electron chi connectivity index (χ3n) is 2.40. The third kappa shape index (κ3) is 3.38. The highest BCUT2D eigenvalue weighted by Gasteiger charge is 2.25. The van der Waals surface area contributed by atoms with Gasteiger partial charge in [0.15, 0.2) is 0 Å². The molecule has 0 fully saturated rings. The van der Waals surface area contributed by atoms with E-state index < -0.39 is 10.0 Å². The zero-order valence-corrected chi connectivity index (χ0v) is 11.5. The Kier molecular flexibility index (Phi) is 4.88. The SMILES string of the molecule is COCC(C)N(C)S(=O)(=O)c1ccnc(Cl)c1. The molecule has 0 saturated heterocycles. The molecule has 0 aliphatic rings. The summed E-state index contributed by atoms with van der Waals surface area (Å²) in [5.74, 6) is 0. The Hall–Kier alpha value is -0.690. The molecular formula is C10H15ClN2O3S. The van der Waals surface area contributed by atoms with Crippen LogP contribution in [0.4, 0.5) is 0 Å². The van der Waals surface area contributed by atoms with Crippen LogP contribution in [-0.2, 0) is 14.8 Å². The molecule has 1 rings (SSSR count). The van der Waals surface area contributed by atoms with Gasteiger partial charge in [-0.25, -0.2) is 13.4 Å². The van der Waals surface area contributed by atoms with Crippen molar-refractivity contribution in [2.24, 2.45) is 0 Å². The van der Waals surface area contributed by atoms with E-state index in [2.05, 4.69) is 4.98 Å². The largest absolute Gasteiger partial charge is 0.383 e. The Balaban J connectivity index is 3.03. The Bertz CT molecular complexity index is 478. The standard InChI is InChI=1S/C10H15ClN2O3S/c1-8(7-16-3)13(2)17(14,15)9-4-5-12-10(11)6-9/h4-6,8H,7H2,1-3H3. The fourth-order valence-corrected chi connectivity index (χ4v) is 2.89. The molecule has 1 aromatic heterocycles. The van der Waals surface area contributed by atoms with Crippen LogP contribution in [0.1, 0.15) is 6.92 Å². The van der Waals surface area contributed by atoms with Gasteiger partial charge in [-0.1, -0.05) is 11.6 Å². The molecule has 96 valence electrons. The predicted molar refractivity (Wildman–Crippen MR) is 65.5 cm³/mol. The molecule has 0 bridgehead atoms. The van der Waals surface area contributed by atoms with Gasteiger partial charge in [0, 0.05) is 26.4 Å². The number of halogens is 1. The van der Waals surface area contributed by atoms with Gasteiger partial charge in [0.05, 0.1) is 11.5 Å². The van der Waals surface area contributed by atoms with Crippen molar-refractivity contribution in [3.8, 4) is 0 Å². The summed E-state index contributed by atoms with van der Waals surface area (Å²) in [7, 11) is -0.519. The zero-order chi connectivity index (χ0) is 13.1. The number of rotatable bonds is 5. The van der Waals surface area contributed by atoms with E-state index in [1.165, 1.54) is 36.8 Å². The van der Waals surface area contributed by atoms with Gasteiger partial charge < -0.3 is 4.74 Å². The fourth-order valence-electron chi connectivity index (χ4n) is 1.29. The van der Waals surface area contributed by atoms with E-state index in [1.54, 1.807) is 6.92 Å². The van der Waals surface area contributed by atoms with E-state index in [-0.39, 0.29) is 16.1 Å². The van der Waals surface area contributed by atoms with E-state index in [1.807, 2.05) is 0 Å². The van der Waals surface area contributed by atoms with Crippen LogP contribution < -0.4 is 0 Å². The summed E-state index contributed by atoms with van der Waals surface area (Å²) in [6.45, 7) is 2.10. The number of hydrogen-bond acceptors (Lipinski definition) is 4. The Morgan fingerprint density at radius 3 is 2.76 bits per heavy atom. The number of hydrogen-bond donors (Lipinski definition) is 0. The van der Waals surface area contributed by atoms with Gasteiger partial charge in [-0.05, 0) is 19.1 Å². The summed E-state index contributed by atoms with van der Waals surface area (Å²) in [6, 6.07) is 2.49. The number of nitrogens with zero attached hydrogens (tertiary/aromatic N) is 2. The lowest BCUT2D eigenvalue weighted by Gasteiger charge is -2.23. The molecule has 1 aromatic rings. The van der Waals surface area contributed by atoms with E-state index >= 15 is 0 Å². The highest BCUT2D eigenvalue weighted by Crippen LogP contribution is 2.18. The molecule has 5 nitrogen and oxygen atoms in total. The lowest BCUT2D eigenvalue weighted by Crippen LogP contribution is -2.37. The molecule has 17 heavy (non-hydrogen) atoms. The van der Waals surface area contributed by atoms with Crippen LogP contribution in [0, 0.1) is 0 Å². The summed E-state index contributed by atoms with van der Waals surface area (Å²) < 4.78 is 30.6. The van der Waals surface area contributed by atoms with E-state index in [0.29, 0.717) is 6.61 Å². The fraction of sp³-hybridized carbons (Fsp3) is 0.500. The van der Waals surface area contributed by atoms with Crippen LogP contribution in [0.5, 0.6) is 0 Å². The van der Waals surface area contributed by atoms with Crippen molar-refractivity contribution in [3.63, 3.8) is 0 Å². The molecule has 0 aliphatic carbocycles. The quantitative estimate of drug-likeness (QED) is 0.764. The van der Waals surface area contributed by atoms with Crippen LogP contribution in [0.25, 0.3) is 0 Å². The molecule has 0 saturated carbocycles. The minimum atomic E-state index is -3.55. The second-order valence-electron chi connectivity index (χ2n) is 3.64. The van der Waals surface area contributed by atoms with E-state index in [4.69, 9.17) is 16.3 Å². The van der Waals surface area contributed by atoms with Gasteiger partial charge >= 0.3 is 0 Å². The molecule has 7 heteroatoms. The number of methoxy groups -OCH3 is 1. The van der Waals surface area contributed by atoms with Crippen LogP contribution >= 0.6 is 11.6 Å². The highest BCUT2D eigenvalue weighted by molar-refractivity contribution is 7.89. The first kappa shape index (κ1) is 14.4. The molecule has 1 unspecified atom stereocenters. The highest BCUT2D eigenvalue weighted by atomic mass is 35.5. The molecule has 0 radical (unpaired) electrons. The molecule has 0 amide bonds. The first-order chi connectivity index (χ1) is 7.89. The van der Waals surface area contributed by atoms with E-state index in [9.17, 15) is 8.42 Å². The Labute approximate surface area is 106 Å². The molecule has 0 spiro atoms. The van der Waals surface area contributed by atoms with Gasteiger partial charge in [0.2, 0.25) is 10.0 Å². The summed E-state index contributed by atoms with van der Waals surface area (Å²) in [4.78, 5) is 3.88. The molecular weight excluding hydrogens is 264 g/mol. The van der Waals surface area contributed by atoms with Gasteiger partial charge in [-0.3, -0.25) is 0 Å². The second kappa shape index (κ2) is 5.77. The summed E-state index contributed by atoms with van der Waals surface area (Å²) >= 11 is 5.68. The molecule has 1 heterocycles. The molecule has 0 aliphatic heterocycles. The van der Waals surface area contributed by atoms with Crippen molar-refractivity contribution in [1.82, 2.24) is 9.29 Å². The molecule has 0 aromatic carbocycles. The number of aromatic nitrogens is 1. The van der Waals surface area contributed by atoms with Crippen LogP contribution in [0.2, 0.25) is 5.15 Å². The second-order valence-corrected chi connectivity index (χ2v) is 6.02. The first-order valence-electron chi connectivity index (χ1n) is 4.98. The van der Waals surface area contributed by atoms with Crippen molar-refractivity contribution in [1.29, 1.82) is 0 Å². The average Bonchev–Trinajstić information content (AvgIpc) is 2.28. The van der Waals surface area contributed by atoms with Crippen molar-refractivity contribution in [2.75, 3.05) is 20.8 Å². The van der Waals surface area contributed by atoms with Crippen molar-refractivity contribution >= 4 is 21.6 Å². The maximum atomic E-state index is 12.2. The lowest BCUT2D eigenvalue weighted by atomic mass is 10.4. The van der Waals surface area contributed by atoms with Crippen LogP contribution in [0.15, 0.2) is 23.2 Å². The van der Waals surface area contributed by atoms with Gasteiger partial charge in [0.1, 0.15) is 5.15 Å². The monoisotopic (exact) mass is 278 g/mol. The Morgan fingerprint density at radius 2 is 2.24 bits per heavy atom. The topological polar surface area (TPSA) is 59.5 Å². The normalized spacial score (nSPS) is 13.9. The van der Waals surface area contributed by atoms with E-state index in [0.717, 1.165) is 0 Å². The minimum absolute atomic E-state index is 0.128. The van der Waals surface area contributed by atoms with Crippen molar-refractivity contribution in [3.05, 3.63) is 23.5 Å². The smallest absolute Gasteiger partial charge is 0.243 e. The zero-order valence-electron chi connectivity index (χ0n) is 9.92. The predicted octanol–water partition coefficient (Wildman–Crippen LogP) is 1.39. The average molecular weight is 279 g/mol. The third-order valence-corrected chi connectivity index (χ3v) is 4.58. The van der Waals surface area contributed by atoms with Crippen molar-refractivity contribution in [2.45, 2.75) is 17.9 Å². The van der Waals surface area contributed by atoms with Gasteiger partial charge in [-0.2, -0.15) is 4.31 Å². The number of ether oxygens (including phenoxy) is 1. The maximum absolute atomic E-state index is 12.2. The number of likely N-dealkylation sites (N-methyl/N-ethyl adjacent to an activating group) is 1. The van der Waals surface area contributed by atoms with Crippen LogP contribution in [-0.4, -0.2) is 44.5 Å². The summed E-state index contributed by atoms with van der Waals surface area (Å²) in [5.41, 5.74) is 0. The van der Waals surface area contributed by atoms with Crippen LogP contribution in [0.3, 0.4) is 0 Å². The number of pyridine rings is 1. The Morgan fingerprint density at radius 1 is 1.59 bits per heavy atom. The number of sulfonamides is 1. The summed E-state index contributed by atoms with van der Waals surface area (Å²) in [5, 5.41) is 0.152. The first-order valence-corrected chi connectivity index (χ1v) is 6.80. The maximum Gasteiger partial charge on any atom is 0.243 e. The summed E-state index contributed by atoms with van der Waals surface area (Å²) in [6.07, 6.45) is 1.37. The molecule has 0 N–H and O–H groups in total. The van der Waals surface area contributed by atoms with Crippen molar-refractivity contribution < 1.29 is 13.2 Å². The van der Waals surface area contributed by atoms with Gasteiger partial charge in [-0.15, -0.1) is 0 Å². The lowest BCUT2D eigenvalue weighted by molar-refractivity contribution is 0.149.